The van der Waals surface area contributed by atoms with Gasteiger partial charge in [0.25, 0.3) is 0 Å². The number of amides is 1. The molecule has 0 aliphatic heterocycles. The first-order valence-corrected chi connectivity index (χ1v) is 7.83. The molecule has 2 aromatic carbocycles. The molecule has 0 saturated carbocycles. The minimum Gasteiger partial charge on any atom is -0.467 e. The first-order chi connectivity index (χ1) is 11.3. The summed E-state index contributed by atoms with van der Waals surface area (Å²) in [7, 11) is 1.30. The Morgan fingerprint density at radius 1 is 1.08 bits per heavy atom. The molecule has 2 rings (SSSR count). The molecule has 0 aliphatic carbocycles. The highest BCUT2D eigenvalue weighted by molar-refractivity contribution is 5.84. The predicted molar refractivity (Wildman–Crippen MR) is 92.8 cm³/mol. The van der Waals surface area contributed by atoms with E-state index in [2.05, 4.69) is 5.32 Å². The molecule has 1 amide bonds. The van der Waals surface area contributed by atoms with Crippen molar-refractivity contribution in [3.8, 4) is 0 Å². The Morgan fingerprint density at radius 3 is 2.38 bits per heavy atom. The molecule has 5 nitrogen and oxygen atoms in total. The first-order valence-electron chi connectivity index (χ1n) is 7.83. The summed E-state index contributed by atoms with van der Waals surface area (Å²) in [5, 5.41) is 4.79. The van der Waals surface area contributed by atoms with Crippen molar-refractivity contribution in [2.45, 2.75) is 38.8 Å². The summed E-state index contributed by atoms with van der Waals surface area (Å²) in [6, 6.07) is 13.1. The smallest absolute Gasteiger partial charge is 0.408 e. The second-order valence-electron chi connectivity index (χ2n) is 6.61. The Morgan fingerprint density at radius 2 is 1.75 bits per heavy atom. The van der Waals surface area contributed by atoms with Crippen molar-refractivity contribution in [2.24, 2.45) is 0 Å². The highest BCUT2D eigenvalue weighted by Gasteiger charge is 2.25. The molecular weight excluding hydrogens is 306 g/mol. The minimum atomic E-state index is -0.800. The molecule has 1 atom stereocenters. The quantitative estimate of drug-likeness (QED) is 0.873. The van der Waals surface area contributed by atoms with E-state index in [4.69, 9.17) is 9.47 Å². The molecule has 1 N–H and O–H groups in total. The van der Waals surface area contributed by atoms with Crippen molar-refractivity contribution in [2.75, 3.05) is 7.11 Å². The molecule has 0 saturated heterocycles. The molecule has 0 unspecified atom stereocenters. The van der Waals surface area contributed by atoms with E-state index in [0.717, 1.165) is 16.3 Å². The number of ether oxygens (including phenoxy) is 2. The van der Waals surface area contributed by atoms with E-state index >= 15 is 0 Å². The molecular formula is C19H23NO4. The molecule has 0 spiro atoms. The van der Waals surface area contributed by atoms with Crippen molar-refractivity contribution >= 4 is 22.8 Å². The lowest BCUT2D eigenvalue weighted by atomic mass is 10.0. The molecule has 0 fully saturated rings. The van der Waals surface area contributed by atoms with E-state index in [9.17, 15) is 9.59 Å². The van der Waals surface area contributed by atoms with Gasteiger partial charge in [-0.3, -0.25) is 0 Å². The van der Waals surface area contributed by atoms with Crippen LogP contribution >= 0.6 is 0 Å². The number of alkyl carbamates (subject to hydrolysis) is 1. The van der Waals surface area contributed by atoms with Gasteiger partial charge in [0.05, 0.1) is 7.11 Å². The molecule has 0 bridgehead atoms. The molecule has 5 heteroatoms. The maximum Gasteiger partial charge on any atom is 0.408 e. The average molecular weight is 329 g/mol. The molecule has 24 heavy (non-hydrogen) atoms. The number of hydrogen-bond donors (Lipinski definition) is 1. The summed E-state index contributed by atoms with van der Waals surface area (Å²) < 4.78 is 10.0. The summed E-state index contributed by atoms with van der Waals surface area (Å²) >= 11 is 0. The Balaban J connectivity index is 2.15. The monoisotopic (exact) mass is 329 g/mol. The molecule has 0 heterocycles. The Labute approximate surface area is 141 Å². The van der Waals surface area contributed by atoms with Gasteiger partial charge in [-0.2, -0.15) is 0 Å². The number of rotatable bonds is 4. The third kappa shape index (κ3) is 4.98. The Hall–Kier alpha value is -2.56. The van der Waals surface area contributed by atoms with Gasteiger partial charge >= 0.3 is 12.1 Å². The van der Waals surface area contributed by atoms with Gasteiger partial charge in [-0.1, -0.05) is 42.5 Å². The molecule has 0 aliphatic rings. The summed E-state index contributed by atoms with van der Waals surface area (Å²) in [4.78, 5) is 23.9. The van der Waals surface area contributed by atoms with Crippen LogP contribution in [0.15, 0.2) is 42.5 Å². The first kappa shape index (κ1) is 17.8. The van der Waals surface area contributed by atoms with Crippen molar-refractivity contribution < 1.29 is 19.1 Å². The van der Waals surface area contributed by atoms with Crippen molar-refractivity contribution in [1.82, 2.24) is 5.32 Å². The third-order valence-electron chi connectivity index (χ3n) is 3.43. The van der Waals surface area contributed by atoms with Gasteiger partial charge < -0.3 is 14.8 Å². The van der Waals surface area contributed by atoms with Crippen LogP contribution in [0.5, 0.6) is 0 Å². The number of nitrogens with one attached hydrogen (secondary N) is 1. The van der Waals surface area contributed by atoms with E-state index < -0.39 is 23.7 Å². The number of esters is 1. The van der Waals surface area contributed by atoms with Gasteiger partial charge in [0.2, 0.25) is 0 Å². The fourth-order valence-electron chi connectivity index (χ4n) is 2.39. The third-order valence-corrected chi connectivity index (χ3v) is 3.43. The standard InChI is InChI=1S/C19H23NO4/c1-19(2,3)24-18(22)20-16(17(21)23-4)12-13-9-10-14-7-5-6-8-15(14)11-13/h5-11,16H,12H2,1-4H3,(H,20,22)/t16-/m0/s1. The van der Waals surface area contributed by atoms with Crippen LogP contribution in [0.4, 0.5) is 4.79 Å². The lowest BCUT2D eigenvalue weighted by Gasteiger charge is -2.22. The van der Waals surface area contributed by atoms with Gasteiger partial charge in [0.1, 0.15) is 11.6 Å². The second kappa shape index (κ2) is 7.34. The van der Waals surface area contributed by atoms with Gasteiger partial charge in [0.15, 0.2) is 0 Å². The van der Waals surface area contributed by atoms with Gasteiger partial charge in [-0.05, 0) is 37.1 Å². The summed E-state index contributed by atoms with van der Waals surface area (Å²) in [6.07, 6.45) is -0.310. The number of benzene rings is 2. The van der Waals surface area contributed by atoms with Gasteiger partial charge in [-0.15, -0.1) is 0 Å². The molecule has 0 aromatic heterocycles. The Bertz CT molecular complexity index is 733. The highest BCUT2D eigenvalue weighted by Crippen LogP contribution is 2.17. The van der Waals surface area contributed by atoms with Crippen molar-refractivity contribution in [3.05, 3.63) is 48.0 Å². The largest absolute Gasteiger partial charge is 0.467 e. The minimum absolute atomic E-state index is 0.330. The zero-order valence-electron chi connectivity index (χ0n) is 14.5. The van der Waals surface area contributed by atoms with Crippen LogP contribution in [0.3, 0.4) is 0 Å². The predicted octanol–water partition coefficient (Wildman–Crippen LogP) is 3.45. The van der Waals surface area contributed by atoms with Crippen molar-refractivity contribution in [3.63, 3.8) is 0 Å². The fourth-order valence-corrected chi connectivity index (χ4v) is 2.39. The van der Waals surface area contributed by atoms with Crippen molar-refractivity contribution in [1.29, 1.82) is 0 Å². The maximum atomic E-state index is 12.0. The lowest BCUT2D eigenvalue weighted by Crippen LogP contribution is -2.45. The van der Waals surface area contributed by atoms with E-state index in [0.29, 0.717) is 6.42 Å². The number of carbonyl (C=O) groups excluding carboxylic acids is 2. The van der Waals surface area contributed by atoms with E-state index in [1.807, 2.05) is 42.5 Å². The van der Waals surface area contributed by atoms with Gasteiger partial charge in [0, 0.05) is 6.42 Å². The SMILES string of the molecule is COC(=O)[C@H](Cc1ccc2ccccc2c1)NC(=O)OC(C)(C)C. The average Bonchev–Trinajstić information content (AvgIpc) is 2.51. The van der Waals surface area contributed by atoms with Crippen LogP contribution in [-0.4, -0.2) is 30.8 Å². The summed E-state index contributed by atoms with van der Waals surface area (Å²) in [5.41, 5.74) is 0.299. The van der Waals surface area contributed by atoms with Crippen LogP contribution < -0.4 is 5.32 Å². The Kier molecular flexibility index (Phi) is 5.44. The zero-order valence-corrected chi connectivity index (χ0v) is 14.5. The normalized spacial score (nSPS) is 12.5. The van der Waals surface area contributed by atoms with Crippen LogP contribution in [0.2, 0.25) is 0 Å². The molecule has 128 valence electrons. The lowest BCUT2D eigenvalue weighted by molar-refractivity contribution is -0.143. The topological polar surface area (TPSA) is 64.6 Å². The maximum absolute atomic E-state index is 12.0. The van der Waals surface area contributed by atoms with E-state index in [-0.39, 0.29) is 0 Å². The second-order valence-corrected chi connectivity index (χ2v) is 6.61. The summed E-state index contributed by atoms with van der Waals surface area (Å²) in [6.45, 7) is 5.30. The van der Waals surface area contributed by atoms with Crippen LogP contribution in [0.1, 0.15) is 26.3 Å². The number of hydrogen-bond acceptors (Lipinski definition) is 4. The number of methoxy groups -OCH3 is 1. The van der Waals surface area contributed by atoms with E-state index in [1.54, 1.807) is 20.8 Å². The fraction of sp³-hybridized carbons (Fsp3) is 0.368. The highest BCUT2D eigenvalue weighted by atomic mass is 16.6. The number of fused-ring (bicyclic) bond motifs is 1. The van der Waals surface area contributed by atoms with Crippen LogP contribution in [0.25, 0.3) is 10.8 Å². The molecule has 0 radical (unpaired) electrons. The van der Waals surface area contributed by atoms with Crippen LogP contribution in [-0.2, 0) is 20.7 Å². The summed E-state index contributed by atoms with van der Waals surface area (Å²) in [5.74, 6) is -0.506. The van der Waals surface area contributed by atoms with Gasteiger partial charge in [-0.25, -0.2) is 9.59 Å². The van der Waals surface area contributed by atoms with E-state index in [1.165, 1.54) is 7.11 Å². The molecule has 2 aromatic rings. The zero-order chi connectivity index (χ0) is 17.7. The van der Waals surface area contributed by atoms with Crippen LogP contribution in [0, 0.1) is 0 Å². The number of carbonyl (C=O) groups is 2.